The molecule has 0 spiro atoms. The first-order valence-corrected chi connectivity index (χ1v) is 8.18. The van der Waals surface area contributed by atoms with E-state index >= 15 is 0 Å². The minimum Gasteiger partial charge on any atom is -0.496 e. The zero-order valence-corrected chi connectivity index (χ0v) is 15.4. The van der Waals surface area contributed by atoms with Crippen molar-refractivity contribution in [2.24, 2.45) is 0 Å². The normalized spacial score (nSPS) is 10.2. The van der Waals surface area contributed by atoms with Crippen LogP contribution in [0.15, 0.2) is 42.5 Å². The Morgan fingerprint density at radius 1 is 1.22 bits per heavy atom. The highest BCUT2D eigenvalue weighted by Crippen LogP contribution is 2.24. The molecule has 0 bridgehead atoms. The summed E-state index contributed by atoms with van der Waals surface area (Å²) in [4.78, 5) is 36.0. The zero-order valence-electron chi connectivity index (χ0n) is 14.7. The van der Waals surface area contributed by atoms with E-state index in [2.05, 4.69) is 0 Å². The average molecular weight is 393 g/mol. The third-order valence-electron chi connectivity index (χ3n) is 3.73. The Balaban J connectivity index is 2.01. The van der Waals surface area contributed by atoms with E-state index in [-0.39, 0.29) is 17.1 Å². The lowest BCUT2D eigenvalue weighted by atomic mass is 10.2. The Hall–Kier alpha value is -3.13. The highest BCUT2D eigenvalue weighted by molar-refractivity contribution is 6.31. The van der Waals surface area contributed by atoms with Crippen LogP contribution in [-0.4, -0.2) is 42.5 Å². The second-order valence-electron chi connectivity index (χ2n) is 5.56. The molecule has 0 saturated carbocycles. The lowest BCUT2D eigenvalue weighted by Gasteiger charge is -2.18. The van der Waals surface area contributed by atoms with Crippen LogP contribution in [0, 0.1) is 10.1 Å². The fraction of sp³-hybridized carbons (Fsp3) is 0.222. The molecule has 9 heteroatoms. The molecule has 0 saturated heterocycles. The minimum atomic E-state index is -0.975. The molecule has 1 amide bonds. The minimum absolute atomic E-state index is 0.117. The number of para-hydroxylation sites is 1. The van der Waals surface area contributed by atoms with Gasteiger partial charge in [0.25, 0.3) is 11.6 Å². The lowest BCUT2D eigenvalue weighted by Crippen LogP contribution is -2.31. The predicted molar refractivity (Wildman–Crippen MR) is 97.9 cm³/mol. The molecule has 0 aliphatic carbocycles. The topological polar surface area (TPSA) is 99.0 Å². The number of likely N-dealkylation sites (N-methyl/N-ethyl adjacent to an activating group) is 1. The molecular formula is C18H17ClN2O6. The van der Waals surface area contributed by atoms with Gasteiger partial charge in [-0.25, -0.2) is 4.79 Å². The number of rotatable bonds is 7. The number of halogens is 1. The van der Waals surface area contributed by atoms with Gasteiger partial charge < -0.3 is 14.4 Å². The van der Waals surface area contributed by atoms with E-state index in [4.69, 9.17) is 21.1 Å². The maximum absolute atomic E-state index is 12.2. The number of carbonyl (C=O) groups excluding carboxylic acids is 2. The summed E-state index contributed by atoms with van der Waals surface area (Å²) in [5, 5.41) is 11.2. The van der Waals surface area contributed by atoms with Crippen LogP contribution in [0.3, 0.4) is 0 Å². The Bertz CT molecular complexity index is 871. The molecule has 0 heterocycles. The van der Waals surface area contributed by atoms with Gasteiger partial charge >= 0.3 is 5.97 Å². The third kappa shape index (κ3) is 5.18. The SMILES string of the molecule is COc1ccccc1CN(C)C(=O)COC(=O)c1ccc(Cl)cc1[N+](=O)[O-]. The number of nitro groups is 1. The maximum Gasteiger partial charge on any atom is 0.345 e. The van der Waals surface area contributed by atoms with Crippen molar-refractivity contribution in [3.8, 4) is 5.75 Å². The first-order valence-electron chi connectivity index (χ1n) is 7.80. The van der Waals surface area contributed by atoms with E-state index in [1.807, 2.05) is 18.2 Å². The van der Waals surface area contributed by atoms with Crippen molar-refractivity contribution >= 4 is 29.2 Å². The monoisotopic (exact) mass is 392 g/mol. The van der Waals surface area contributed by atoms with Gasteiger partial charge in [-0.1, -0.05) is 29.8 Å². The molecule has 0 unspecified atom stereocenters. The molecular weight excluding hydrogens is 376 g/mol. The Labute approximate surface area is 160 Å². The molecule has 2 aromatic rings. The van der Waals surface area contributed by atoms with Crippen LogP contribution in [0.4, 0.5) is 5.69 Å². The van der Waals surface area contributed by atoms with Gasteiger partial charge in [0.05, 0.1) is 12.0 Å². The zero-order chi connectivity index (χ0) is 20.0. The number of hydrogen-bond donors (Lipinski definition) is 0. The summed E-state index contributed by atoms with van der Waals surface area (Å²) >= 11 is 5.71. The molecule has 8 nitrogen and oxygen atoms in total. The van der Waals surface area contributed by atoms with Crippen molar-refractivity contribution in [1.82, 2.24) is 4.90 Å². The third-order valence-corrected chi connectivity index (χ3v) is 3.96. The molecule has 0 aromatic heterocycles. The number of ether oxygens (including phenoxy) is 2. The molecule has 142 valence electrons. The number of benzene rings is 2. The van der Waals surface area contributed by atoms with Gasteiger partial charge in [0, 0.05) is 30.2 Å². The number of esters is 1. The smallest absolute Gasteiger partial charge is 0.345 e. The summed E-state index contributed by atoms with van der Waals surface area (Å²) in [5.41, 5.74) is 0.0300. The van der Waals surface area contributed by atoms with E-state index in [0.717, 1.165) is 11.6 Å². The van der Waals surface area contributed by atoms with Gasteiger partial charge in [-0.05, 0) is 18.2 Å². The molecule has 2 aromatic carbocycles. The number of carbonyl (C=O) groups is 2. The van der Waals surface area contributed by atoms with Crippen molar-refractivity contribution in [3.05, 3.63) is 68.7 Å². The van der Waals surface area contributed by atoms with Gasteiger partial charge in [-0.3, -0.25) is 14.9 Å². The maximum atomic E-state index is 12.2. The number of amides is 1. The van der Waals surface area contributed by atoms with Crippen LogP contribution in [0.2, 0.25) is 5.02 Å². The van der Waals surface area contributed by atoms with Crippen LogP contribution >= 0.6 is 11.6 Å². The van der Waals surface area contributed by atoms with Gasteiger partial charge in [-0.15, -0.1) is 0 Å². The number of nitro benzene ring substituents is 1. The Morgan fingerprint density at radius 2 is 1.93 bits per heavy atom. The van der Waals surface area contributed by atoms with Crippen LogP contribution in [0.25, 0.3) is 0 Å². The van der Waals surface area contributed by atoms with Gasteiger partial charge in [0.15, 0.2) is 6.61 Å². The van der Waals surface area contributed by atoms with Gasteiger partial charge in [0.1, 0.15) is 11.3 Å². The fourth-order valence-corrected chi connectivity index (χ4v) is 2.49. The summed E-state index contributed by atoms with van der Waals surface area (Å²) < 4.78 is 10.2. The molecule has 0 N–H and O–H groups in total. The Kier molecular flexibility index (Phi) is 6.73. The molecule has 27 heavy (non-hydrogen) atoms. The van der Waals surface area contributed by atoms with Crippen molar-refractivity contribution in [2.75, 3.05) is 20.8 Å². The first-order chi connectivity index (χ1) is 12.8. The van der Waals surface area contributed by atoms with Gasteiger partial charge in [0.2, 0.25) is 0 Å². The van der Waals surface area contributed by atoms with Crippen molar-refractivity contribution in [3.63, 3.8) is 0 Å². The van der Waals surface area contributed by atoms with Crippen LogP contribution in [0.1, 0.15) is 15.9 Å². The van der Waals surface area contributed by atoms with E-state index in [0.29, 0.717) is 5.75 Å². The van der Waals surface area contributed by atoms with Crippen molar-refractivity contribution in [2.45, 2.75) is 6.54 Å². The van der Waals surface area contributed by atoms with Crippen LogP contribution in [0.5, 0.6) is 5.75 Å². The Morgan fingerprint density at radius 3 is 2.59 bits per heavy atom. The number of hydrogen-bond acceptors (Lipinski definition) is 6. The average Bonchev–Trinajstić information content (AvgIpc) is 2.65. The number of methoxy groups -OCH3 is 1. The highest BCUT2D eigenvalue weighted by Gasteiger charge is 2.23. The quantitative estimate of drug-likeness (QED) is 0.408. The van der Waals surface area contributed by atoms with Crippen molar-refractivity contribution in [1.29, 1.82) is 0 Å². The second-order valence-corrected chi connectivity index (χ2v) is 5.99. The van der Waals surface area contributed by atoms with E-state index in [1.54, 1.807) is 13.1 Å². The van der Waals surface area contributed by atoms with Crippen molar-refractivity contribution < 1.29 is 24.0 Å². The lowest BCUT2D eigenvalue weighted by molar-refractivity contribution is -0.385. The number of nitrogens with zero attached hydrogens (tertiary/aromatic N) is 2. The largest absolute Gasteiger partial charge is 0.496 e. The molecule has 0 radical (unpaired) electrons. The summed E-state index contributed by atoms with van der Waals surface area (Å²) in [6, 6.07) is 10.8. The predicted octanol–water partition coefficient (Wildman–Crippen LogP) is 3.07. The summed E-state index contributed by atoms with van der Waals surface area (Å²) in [5.74, 6) is -0.811. The first kappa shape index (κ1) is 20.2. The van der Waals surface area contributed by atoms with Crippen LogP contribution in [-0.2, 0) is 16.1 Å². The summed E-state index contributed by atoms with van der Waals surface area (Å²) in [7, 11) is 3.08. The highest BCUT2D eigenvalue weighted by atomic mass is 35.5. The molecule has 2 rings (SSSR count). The van der Waals surface area contributed by atoms with E-state index in [9.17, 15) is 19.7 Å². The fourth-order valence-electron chi connectivity index (χ4n) is 2.32. The van der Waals surface area contributed by atoms with Crippen LogP contribution < -0.4 is 4.74 Å². The molecule has 0 fully saturated rings. The molecule has 0 atom stereocenters. The second kappa shape index (κ2) is 9.00. The van der Waals surface area contributed by atoms with E-state index < -0.39 is 29.1 Å². The summed E-state index contributed by atoms with van der Waals surface area (Å²) in [6.07, 6.45) is 0. The molecule has 0 aliphatic rings. The molecule has 0 aliphatic heterocycles. The van der Waals surface area contributed by atoms with E-state index in [1.165, 1.54) is 24.1 Å². The summed E-state index contributed by atoms with van der Waals surface area (Å²) in [6.45, 7) is -0.300. The van der Waals surface area contributed by atoms with Gasteiger partial charge in [-0.2, -0.15) is 0 Å². The standard InChI is InChI=1S/C18H17ClN2O6/c1-20(10-12-5-3-4-6-16(12)26-2)17(22)11-27-18(23)14-8-7-13(19)9-15(14)21(24)25/h3-9H,10-11H2,1-2H3.